The van der Waals surface area contributed by atoms with Crippen LogP contribution in [0.3, 0.4) is 0 Å². The van der Waals surface area contributed by atoms with Gasteiger partial charge in [0.15, 0.2) is 0 Å². The molecule has 0 heterocycles. The third kappa shape index (κ3) is 10.2. The van der Waals surface area contributed by atoms with E-state index in [1.54, 1.807) is 0 Å². The Morgan fingerprint density at radius 1 is 0.812 bits per heavy atom. The van der Waals surface area contributed by atoms with E-state index in [1.165, 1.54) is 64.5 Å². The summed E-state index contributed by atoms with van der Waals surface area (Å²) in [5, 5.41) is 0. The number of hydrogen-bond donors (Lipinski definition) is 0. The fraction of sp³-hybridized carbons (Fsp3) is 0.867. The third-order valence-electron chi connectivity index (χ3n) is 3.04. The minimum absolute atomic E-state index is 1.07. The summed E-state index contributed by atoms with van der Waals surface area (Å²) in [6, 6.07) is 0. The predicted octanol–water partition coefficient (Wildman–Crippen LogP) is 4.64. The van der Waals surface area contributed by atoms with Crippen LogP contribution in [0.1, 0.15) is 65.2 Å². The quantitative estimate of drug-likeness (QED) is 0.345. The molecule has 0 spiro atoms. The van der Waals surface area contributed by atoms with E-state index in [-0.39, 0.29) is 0 Å². The Morgan fingerprint density at radius 2 is 1.31 bits per heavy atom. The summed E-state index contributed by atoms with van der Waals surface area (Å²) in [5.74, 6) is 0. The van der Waals surface area contributed by atoms with Gasteiger partial charge in [0.05, 0.1) is 0 Å². The lowest BCUT2D eigenvalue weighted by molar-refractivity contribution is 0.287. The van der Waals surface area contributed by atoms with Crippen LogP contribution in [0.15, 0.2) is 12.7 Å². The van der Waals surface area contributed by atoms with Gasteiger partial charge in [-0.1, -0.05) is 58.4 Å². The third-order valence-corrected chi connectivity index (χ3v) is 3.04. The molecule has 16 heavy (non-hydrogen) atoms. The fourth-order valence-corrected chi connectivity index (χ4v) is 2.00. The van der Waals surface area contributed by atoms with Crippen molar-refractivity contribution in [3.8, 4) is 0 Å². The van der Waals surface area contributed by atoms with Gasteiger partial charge in [-0.15, -0.1) is 6.58 Å². The molecule has 0 fully saturated rings. The van der Waals surface area contributed by atoms with Crippen LogP contribution in [0.2, 0.25) is 0 Å². The molecule has 0 aliphatic carbocycles. The zero-order chi connectivity index (χ0) is 12.1. The van der Waals surface area contributed by atoms with Crippen molar-refractivity contribution >= 4 is 0 Å². The summed E-state index contributed by atoms with van der Waals surface area (Å²) >= 11 is 0. The Bertz CT molecular complexity index is 130. The number of nitrogens with zero attached hydrogens (tertiary/aromatic N) is 1. The zero-order valence-electron chi connectivity index (χ0n) is 11.5. The molecule has 0 atom stereocenters. The van der Waals surface area contributed by atoms with E-state index >= 15 is 0 Å². The monoisotopic (exact) mass is 225 g/mol. The van der Waals surface area contributed by atoms with Crippen molar-refractivity contribution in [1.29, 1.82) is 0 Å². The van der Waals surface area contributed by atoms with Crippen LogP contribution < -0.4 is 0 Å². The van der Waals surface area contributed by atoms with E-state index in [0.717, 1.165) is 6.54 Å². The van der Waals surface area contributed by atoms with Gasteiger partial charge in [0.25, 0.3) is 0 Å². The van der Waals surface area contributed by atoms with Crippen LogP contribution in [0.5, 0.6) is 0 Å². The fourth-order valence-electron chi connectivity index (χ4n) is 2.00. The van der Waals surface area contributed by atoms with E-state index in [9.17, 15) is 0 Å². The first-order valence-electron chi connectivity index (χ1n) is 7.18. The summed E-state index contributed by atoms with van der Waals surface area (Å²) < 4.78 is 0. The van der Waals surface area contributed by atoms with Gasteiger partial charge < -0.3 is 0 Å². The molecule has 0 amide bonds. The summed E-state index contributed by atoms with van der Waals surface area (Å²) in [5.41, 5.74) is 0. The minimum Gasteiger partial charge on any atom is -0.300 e. The van der Waals surface area contributed by atoms with Gasteiger partial charge in [-0.3, -0.25) is 4.90 Å². The lowest BCUT2D eigenvalue weighted by Gasteiger charge is -2.20. The molecule has 0 aromatic rings. The highest BCUT2D eigenvalue weighted by Gasteiger charge is 2.01. The van der Waals surface area contributed by atoms with Crippen LogP contribution in [0.25, 0.3) is 0 Å². The van der Waals surface area contributed by atoms with Crippen LogP contribution in [-0.2, 0) is 0 Å². The van der Waals surface area contributed by atoms with Crippen LogP contribution in [0, 0.1) is 0 Å². The SMILES string of the molecule is C=CCN(CCCCCC)CCCCCC. The van der Waals surface area contributed by atoms with Crippen molar-refractivity contribution in [2.75, 3.05) is 19.6 Å². The summed E-state index contributed by atoms with van der Waals surface area (Å²) in [6.45, 7) is 12.0. The predicted molar refractivity (Wildman–Crippen MR) is 74.9 cm³/mol. The lowest BCUT2D eigenvalue weighted by atomic mass is 10.1. The van der Waals surface area contributed by atoms with Crippen molar-refractivity contribution in [3.05, 3.63) is 12.7 Å². The molecule has 0 aliphatic rings. The maximum Gasteiger partial charge on any atom is 0.0160 e. The van der Waals surface area contributed by atoms with Crippen molar-refractivity contribution in [1.82, 2.24) is 4.90 Å². The average Bonchev–Trinajstić information content (AvgIpc) is 2.30. The zero-order valence-corrected chi connectivity index (χ0v) is 11.5. The van der Waals surface area contributed by atoms with Crippen molar-refractivity contribution in [2.45, 2.75) is 65.2 Å². The van der Waals surface area contributed by atoms with E-state index in [1.807, 2.05) is 6.08 Å². The van der Waals surface area contributed by atoms with Gasteiger partial charge in [0, 0.05) is 6.54 Å². The highest BCUT2D eigenvalue weighted by molar-refractivity contribution is 4.73. The highest BCUT2D eigenvalue weighted by atomic mass is 15.1. The van der Waals surface area contributed by atoms with Crippen molar-refractivity contribution < 1.29 is 0 Å². The molecule has 0 aliphatic heterocycles. The summed E-state index contributed by atoms with van der Waals surface area (Å²) in [6.07, 6.45) is 13.0. The Kier molecular flexibility index (Phi) is 12.5. The number of hydrogen-bond acceptors (Lipinski definition) is 1. The highest BCUT2D eigenvalue weighted by Crippen LogP contribution is 2.05. The Morgan fingerprint density at radius 3 is 1.69 bits per heavy atom. The lowest BCUT2D eigenvalue weighted by Crippen LogP contribution is -2.26. The molecule has 96 valence electrons. The normalized spacial score (nSPS) is 10.9. The van der Waals surface area contributed by atoms with Gasteiger partial charge in [-0.25, -0.2) is 0 Å². The first-order valence-corrected chi connectivity index (χ1v) is 7.18. The maximum absolute atomic E-state index is 3.85. The van der Waals surface area contributed by atoms with Crippen LogP contribution in [0.4, 0.5) is 0 Å². The van der Waals surface area contributed by atoms with Gasteiger partial charge in [-0.2, -0.15) is 0 Å². The molecule has 0 saturated carbocycles. The topological polar surface area (TPSA) is 3.24 Å². The largest absolute Gasteiger partial charge is 0.300 e. The van der Waals surface area contributed by atoms with E-state index in [4.69, 9.17) is 0 Å². The Hall–Kier alpha value is -0.300. The molecular formula is C15H31N. The molecule has 0 saturated heterocycles. The van der Waals surface area contributed by atoms with Crippen LogP contribution in [-0.4, -0.2) is 24.5 Å². The molecule has 0 aromatic heterocycles. The molecule has 0 rings (SSSR count). The van der Waals surface area contributed by atoms with Crippen molar-refractivity contribution in [3.63, 3.8) is 0 Å². The minimum atomic E-state index is 1.07. The second-order valence-electron chi connectivity index (χ2n) is 4.71. The summed E-state index contributed by atoms with van der Waals surface area (Å²) in [7, 11) is 0. The molecule has 0 N–H and O–H groups in total. The average molecular weight is 225 g/mol. The molecule has 0 bridgehead atoms. The number of unbranched alkanes of at least 4 members (excludes halogenated alkanes) is 6. The molecule has 0 radical (unpaired) electrons. The Labute approximate surface area is 103 Å². The molecule has 1 heteroatoms. The maximum atomic E-state index is 3.85. The Balaban J connectivity index is 3.49. The second-order valence-corrected chi connectivity index (χ2v) is 4.71. The molecule has 1 nitrogen and oxygen atoms in total. The van der Waals surface area contributed by atoms with E-state index < -0.39 is 0 Å². The van der Waals surface area contributed by atoms with Crippen LogP contribution >= 0.6 is 0 Å². The first kappa shape index (κ1) is 15.7. The first-order chi connectivity index (χ1) is 7.85. The van der Waals surface area contributed by atoms with Gasteiger partial charge in [-0.05, 0) is 25.9 Å². The summed E-state index contributed by atoms with van der Waals surface area (Å²) in [4.78, 5) is 2.55. The van der Waals surface area contributed by atoms with Gasteiger partial charge in [0.1, 0.15) is 0 Å². The molecule has 0 unspecified atom stereocenters. The van der Waals surface area contributed by atoms with E-state index in [0.29, 0.717) is 0 Å². The number of rotatable bonds is 12. The molecular weight excluding hydrogens is 194 g/mol. The standard InChI is InChI=1S/C15H31N/c1-4-7-9-11-14-16(13-6-3)15-12-10-8-5-2/h6H,3-5,7-15H2,1-2H3. The smallest absolute Gasteiger partial charge is 0.0160 e. The molecule has 0 aromatic carbocycles. The van der Waals surface area contributed by atoms with E-state index in [2.05, 4.69) is 25.3 Å². The van der Waals surface area contributed by atoms with Crippen molar-refractivity contribution in [2.24, 2.45) is 0 Å². The van der Waals surface area contributed by atoms with Gasteiger partial charge >= 0.3 is 0 Å². The van der Waals surface area contributed by atoms with Gasteiger partial charge in [0.2, 0.25) is 0 Å². The second kappa shape index (κ2) is 12.8.